The summed E-state index contributed by atoms with van der Waals surface area (Å²) in [6, 6.07) is 16.5. The Labute approximate surface area is 206 Å². The molecule has 35 heavy (non-hydrogen) atoms. The molecule has 8 heteroatoms. The maximum atomic E-state index is 12.5. The van der Waals surface area contributed by atoms with Gasteiger partial charge in [0.15, 0.2) is 0 Å². The van der Waals surface area contributed by atoms with Crippen LogP contribution in [0.25, 0.3) is 0 Å². The molecule has 0 saturated carbocycles. The van der Waals surface area contributed by atoms with Crippen molar-refractivity contribution in [2.24, 2.45) is 0 Å². The molecule has 1 saturated heterocycles. The molecule has 0 spiro atoms. The number of fused-ring (bicyclic) bond motifs is 1. The summed E-state index contributed by atoms with van der Waals surface area (Å²) in [6.45, 7) is 1.45. The second-order valence-electron chi connectivity index (χ2n) is 9.27. The highest BCUT2D eigenvalue weighted by molar-refractivity contribution is 5.84. The van der Waals surface area contributed by atoms with Crippen molar-refractivity contribution < 1.29 is 4.79 Å². The highest BCUT2D eigenvalue weighted by Gasteiger charge is 2.22. The van der Waals surface area contributed by atoms with E-state index in [1.165, 1.54) is 23.1 Å². The summed E-state index contributed by atoms with van der Waals surface area (Å²) in [7, 11) is 0. The van der Waals surface area contributed by atoms with E-state index in [9.17, 15) is 4.79 Å². The number of benzene rings is 2. The van der Waals surface area contributed by atoms with Gasteiger partial charge in [0.25, 0.3) is 0 Å². The summed E-state index contributed by atoms with van der Waals surface area (Å²) >= 11 is 0. The molecular formula is C27H33N7O. The van der Waals surface area contributed by atoms with Crippen molar-refractivity contribution in [1.29, 1.82) is 0 Å². The predicted octanol–water partition coefficient (Wildman–Crippen LogP) is 4.23. The summed E-state index contributed by atoms with van der Waals surface area (Å²) < 4.78 is 0. The van der Waals surface area contributed by atoms with Crippen LogP contribution in [0.2, 0.25) is 0 Å². The summed E-state index contributed by atoms with van der Waals surface area (Å²) in [4.78, 5) is 26.2. The molecule has 2 aromatic carbocycles. The summed E-state index contributed by atoms with van der Waals surface area (Å²) in [5.41, 5.74) is 5.08. The lowest BCUT2D eigenvalue weighted by atomic mass is 10.1. The van der Waals surface area contributed by atoms with Crippen molar-refractivity contribution in [3.63, 3.8) is 0 Å². The monoisotopic (exact) mass is 471 g/mol. The lowest BCUT2D eigenvalue weighted by Gasteiger charge is -2.17. The van der Waals surface area contributed by atoms with E-state index < -0.39 is 0 Å². The third kappa shape index (κ3) is 6.26. The maximum absolute atomic E-state index is 12.5. The van der Waals surface area contributed by atoms with Gasteiger partial charge in [-0.3, -0.25) is 4.79 Å². The highest BCUT2D eigenvalue weighted by Crippen LogP contribution is 2.26. The van der Waals surface area contributed by atoms with Crippen LogP contribution in [0, 0.1) is 0 Å². The smallest absolute Gasteiger partial charge is 0.242 e. The van der Waals surface area contributed by atoms with Crippen molar-refractivity contribution in [2.45, 2.75) is 57.4 Å². The van der Waals surface area contributed by atoms with Crippen LogP contribution in [0.15, 0.2) is 48.5 Å². The number of hydrogen-bond acceptors (Lipinski definition) is 7. The number of amides is 1. The van der Waals surface area contributed by atoms with E-state index in [4.69, 9.17) is 0 Å². The quantitative estimate of drug-likeness (QED) is 0.346. The van der Waals surface area contributed by atoms with Crippen LogP contribution in [0.4, 0.5) is 23.5 Å². The van der Waals surface area contributed by atoms with Crippen LogP contribution in [-0.4, -0.2) is 40.0 Å². The van der Waals surface area contributed by atoms with E-state index in [-0.39, 0.29) is 11.9 Å². The fourth-order valence-electron chi connectivity index (χ4n) is 4.72. The molecule has 3 aromatic rings. The molecule has 2 aliphatic rings. The lowest BCUT2D eigenvalue weighted by Crippen LogP contribution is -2.38. The second kappa shape index (κ2) is 11.2. The number of rotatable bonds is 9. The van der Waals surface area contributed by atoms with Gasteiger partial charge < -0.3 is 21.3 Å². The van der Waals surface area contributed by atoms with Crippen molar-refractivity contribution in [3.05, 3.63) is 65.2 Å². The Kier molecular flexibility index (Phi) is 7.36. The van der Waals surface area contributed by atoms with E-state index in [1.54, 1.807) is 0 Å². The molecule has 8 nitrogen and oxygen atoms in total. The van der Waals surface area contributed by atoms with Crippen molar-refractivity contribution in [2.75, 3.05) is 29.0 Å². The van der Waals surface area contributed by atoms with E-state index >= 15 is 0 Å². The third-order valence-corrected chi connectivity index (χ3v) is 6.60. The molecule has 1 unspecified atom stereocenters. The lowest BCUT2D eigenvalue weighted by molar-refractivity contribution is -0.121. The Hall–Kier alpha value is -3.68. The van der Waals surface area contributed by atoms with Gasteiger partial charge in [0.2, 0.25) is 23.8 Å². The molecule has 1 aromatic heterocycles. The Morgan fingerprint density at radius 2 is 1.71 bits per heavy atom. The number of aromatic nitrogens is 3. The Bertz CT molecular complexity index is 1150. The first kappa shape index (κ1) is 23.1. The van der Waals surface area contributed by atoms with E-state index in [0.717, 1.165) is 57.2 Å². The number of carbonyl (C=O) groups excluding carboxylic acids is 1. The number of hydrogen-bond donors (Lipinski definition) is 4. The average molecular weight is 472 g/mol. The number of carbonyl (C=O) groups is 1. The molecule has 1 aliphatic carbocycles. The molecule has 1 fully saturated rings. The molecular weight excluding hydrogens is 438 g/mol. The van der Waals surface area contributed by atoms with Crippen LogP contribution in [0.5, 0.6) is 0 Å². The predicted molar refractivity (Wildman–Crippen MR) is 139 cm³/mol. The number of aryl methyl sites for hydroxylation is 3. The molecule has 182 valence electrons. The zero-order chi connectivity index (χ0) is 23.9. The summed E-state index contributed by atoms with van der Waals surface area (Å²) in [6.07, 6.45) is 8.12. The molecule has 1 aliphatic heterocycles. The fourth-order valence-corrected chi connectivity index (χ4v) is 4.72. The van der Waals surface area contributed by atoms with Crippen molar-refractivity contribution in [1.82, 2.24) is 20.3 Å². The first-order valence-corrected chi connectivity index (χ1v) is 12.7. The second-order valence-corrected chi connectivity index (χ2v) is 9.27. The van der Waals surface area contributed by atoms with Gasteiger partial charge in [-0.25, -0.2) is 0 Å². The van der Waals surface area contributed by atoms with Gasteiger partial charge in [-0.2, -0.15) is 15.0 Å². The first-order chi connectivity index (χ1) is 17.2. The molecule has 0 radical (unpaired) electrons. The largest absolute Gasteiger partial charge is 0.354 e. The van der Waals surface area contributed by atoms with Gasteiger partial charge in [-0.15, -0.1) is 0 Å². The molecule has 5 rings (SSSR count). The fraction of sp³-hybridized carbons (Fsp3) is 0.407. The van der Waals surface area contributed by atoms with Gasteiger partial charge >= 0.3 is 0 Å². The van der Waals surface area contributed by atoms with E-state index in [0.29, 0.717) is 24.4 Å². The molecule has 1 amide bonds. The van der Waals surface area contributed by atoms with E-state index in [1.807, 2.05) is 6.07 Å². The standard InChI is InChI=1S/C27H33N7O/c35-24-23(13-4-5-16-28-24)31-27-33-25(29-17-7-10-19-8-2-1-3-9-19)32-26(34-27)30-22-15-14-20-11-6-12-21(20)18-22/h1-3,8-9,14-15,18,23H,4-7,10-13,16-17H2,(H,28,35)(H3,29,30,31,32,33,34). The molecule has 4 N–H and O–H groups in total. The maximum Gasteiger partial charge on any atom is 0.242 e. The van der Waals surface area contributed by atoms with Gasteiger partial charge in [0, 0.05) is 18.8 Å². The molecule has 2 heterocycles. The van der Waals surface area contributed by atoms with Crippen molar-refractivity contribution >= 4 is 29.4 Å². The Morgan fingerprint density at radius 1 is 0.886 bits per heavy atom. The van der Waals surface area contributed by atoms with Crippen LogP contribution in [-0.2, 0) is 24.1 Å². The number of nitrogens with zero attached hydrogens (tertiary/aromatic N) is 3. The minimum absolute atomic E-state index is 0.00610. The van der Waals surface area contributed by atoms with E-state index in [2.05, 4.69) is 78.7 Å². The van der Waals surface area contributed by atoms with Gasteiger partial charge in [-0.05, 0) is 80.2 Å². The summed E-state index contributed by atoms with van der Waals surface area (Å²) in [5, 5.41) is 12.9. The first-order valence-electron chi connectivity index (χ1n) is 12.7. The van der Waals surface area contributed by atoms with Gasteiger partial charge in [0.1, 0.15) is 6.04 Å². The zero-order valence-electron chi connectivity index (χ0n) is 20.0. The molecule has 1 atom stereocenters. The number of anilines is 4. The van der Waals surface area contributed by atoms with Crippen LogP contribution >= 0.6 is 0 Å². The zero-order valence-corrected chi connectivity index (χ0v) is 20.0. The summed E-state index contributed by atoms with van der Waals surface area (Å²) in [5.74, 6) is 1.35. The van der Waals surface area contributed by atoms with Crippen molar-refractivity contribution in [3.8, 4) is 0 Å². The van der Waals surface area contributed by atoms with Crippen LogP contribution in [0.3, 0.4) is 0 Å². The Morgan fingerprint density at radius 3 is 2.63 bits per heavy atom. The minimum Gasteiger partial charge on any atom is -0.354 e. The van der Waals surface area contributed by atoms with Crippen LogP contribution in [0.1, 0.15) is 48.8 Å². The third-order valence-electron chi connectivity index (χ3n) is 6.60. The highest BCUT2D eigenvalue weighted by atomic mass is 16.2. The Balaban J connectivity index is 1.30. The number of nitrogens with one attached hydrogen (secondary N) is 4. The van der Waals surface area contributed by atoms with Gasteiger partial charge in [0.05, 0.1) is 0 Å². The average Bonchev–Trinajstić information content (AvgIpc) is 3.25. The SMILES string of the molecule is O=C1NCCCCC1Nc1nc(NCCCc2ccccc2)nc(Nc2ccc3c(c2)CCC3)n1. The van der Waals surface area contributed by atoms with Gasteiger partial charge in [-0.1, -0.05) is 36.4 Å². The minimum atomic E-state index is -0.348. The van der Waals surface area contributed by atoms with Crippen LogP contribution < -0.4 is 21.3 Å². The topological polar surface area (TPSA) is 104 Å². The normalized spacial score (nSPS) is 17.3. The molecule has 0 bridgehead atoms.